The predicted octanol–water partition coefficient (Wildman–Crippen LogP) is 4.84. The fourth-order valence-electron chi connectivity index (χ4n) is 4.79. The van der Waals surface area contributed by atoms with Crippen molar-refractivity contribution in [2.45, 2.75) is 37.9 Å². The molecule has 0 bridgehead atoms. The van der Waals surface area contributed by atoms with Crippen molar-refractivity contribution in [3.8, 4) is 11.3 Å². The first-order chi connectivity index (χ1) is 17.6. The maximum absolute atomic E-state index is 15.8. The van der Waals surface area contributed by atoms with E-state index >= 15 is 4.39 Å². The smallest absolute Gasteiger partial charge is 0.383 e. The van der Waals surface area contributed by atoms with Crippen LogP contribution in [0, 0.1) is 11.6 Å². The number of amides is 1. The van der Waals surface area contributed by atoms with E-state index in [9.17, 15) is 22.4 Å². The van der Waals surface area contributed by atoms with Crippen LogP contribution < -0.4 is 10.6 Å². The highest BCUT2D eigenvalue weighted by Crippen LogP contribution is 2.42. The zero-order chi connectivity index (χ0) is 26.1. The summed E-state index contributed by atoms with van der Waals surface area (Å²) >= 11 is 0. The van der Waals surface area contributed by atoms with Crippen LogP contribution in [-0.2, 0) is 23.8 Å². The Kier molecular flexibility index (Phi) is 5.18. The number of halogens is 5. The van der Waals surface area contributed by atoms with Gasteiger partial charge >= 0.3 is 6.18 Å². The van der Waals surface area contributed by atoms with E-state index in [2.05, 4.69) is 15.1 Å². The van der Waals surface area contributed by atoms with Gasteiger partial charge in [-0.3, -0.25) is 4.79 Å². The fraction of sp³-hybridized carbons (Fsp3) is 0.280. The predicted molar refractivity (Wildman–Crippen MR) is 125 cm³/mol. The Morgan fingerprint density at radius 1 is 1.11 bits per heavy atom. The van der Waals surface area contributed by atoms with Crippen molar-refractivity contribution in [2.75, 3.05) is 17.2 Å². The van der Waals surface area contributed by atoms with Crippen LogP contribution in [0.5, 0.6) is 0 Å². The van der Waals surface area contributed by atoms with Gasteiger partial charge in [-0.1, -0.05) is 0 Å². The van der Waals surface area contributed by atoms with Crippen LogP contribution in [0.3, 0.4) is 0 Å². The van der Waals surface area contributed by atoms with Crippen molar-refractivity contribution in [1.29, 1.82) is 0 Å². The Labute approximate surface area is 206 Å². The number of hydrogen-bond acceptors (Lipinski definition) is 5. The van der Waals surface area contributed by atoms with Gasteiger partial charge in [0.2, 0.25) is 5.91 Å². The molecule has 3 heterocycles. The van der Waals surface area contributed by atoms with Gasteiger partial charge in [0.05, 0.1) is 23.4 Å². The maximum Gasteiger partial charge on any atom is 0.416 e. The van der Waals surface area contributed by atoms with E-state index in [4.69, 9.17) is 5.73 Å². The van der Waals surface area contributed by atoms with Gasteiger partial charge in [-0.05, 0) is 55.2 Å². The Hall–Kier alpha value is -4.09. The summed E-state index contributed by atoms with van der Waals surface area (Å²) in [6, 6.07) is 5.14. The number of hydrogen-bond donors (Lipinski definition) is 1. The summed E-state index contributed by atoms with van der Waals surface area (Å²) in [5.41, 5.74) is 6.23. The van der Waals surface area contributed by atoms with E-state index in [0.29, 0.717) is 34.9 Å². The number of nitrogen functional groups attached to an aromatic ring is 1. The van der Waals surface area contributed by atoms with Crippen LogP contribution in [-0.4, -0.2) is 32.2 Å². The van der Waals surface area contributed by atoms with Crippen LogP contribution >= 0.6 is 0 Å². The Morgan fingerprint density at radius 3 is 2.62 bits per heavy atom. The zero-order valence-electron chi connectivity index (χ0n) is 19.2. The molecular formula is C25H19F5N6O. The van der Waals surface area contributed by atoms with E-state index in [1.807, 2.05) is 0 Å². The second-order valence-electron chi connectivity index (χ2n) is 9.18. The lowest BCUT2D eigenvalue weighted by Crippen LogP contribution is -2.30. The fourth-order valence-corrected chi connectivity index (χ4v) is 4.79. The molecule has 2 N–H and O–H groups in total. The summed E-state index contributed by atoms with van der Waals surface area (Å²) in [5, 5.41) is 5.04. The lowest BCUT2D eigenvalue weighted by molar-refractivity contribution is -0.137. The Morgan fingerprint density at radius 2 is 1.89 bits per heavy atom. The third-order valence-corrected chi connectivity index (χ3v) is 6.78. The summed E-state index contributed by atoms with van der Waals surface area (Å²) in [6.45, 7) is 0.109. The van der Waals surface area contributed by atoms with E-state index in [0.717, 1.165) is 12.8 Å². The molecule has 0 saturated heterocycles. The highest BCUT2D eigenvalue weighted by Gasteiger charge is 2.34. The molecule has 0 unspecified atom stereocenters. The molecule has 2 aliphatic rings. The quantitative estimate of drug-likeness (QED) is 0.394. The highest BCUT2D eigenvalue weighted by molar-refractivity contribution is 6.00. The standard InChI is InChI=1S/C25H19F5N6O/c26-17-5-1-13(25(28,29)30)9-12(17)10-19(37)35-8-7-15-18(35)6-4-16(21(15)27)22-20-23(31)32-11-33-24(20)36(34-22)14-2-3-14/h1,4-6,9,11,14H,2-3,7-8,10H2,(H2,31,32,33). The van der Waals surface area contributed by atoms with Crippen molar-refractivity contribution in [2.24, 2.45) is 0 Å². The molecule has 1 amide bonds. The van der Waals surface area contributed by atoms with Crippen molar-refractivity contribution in [3.05, 3.63) is 65.0 Å². The van der Waals surface area contributed by atoms with Crippen LogP contribution in [0.1, 0.15) is 35.6 Å². The Bertz CT molecular complexity index is 1580. The second-order valence-corrected chi connectivity index (χ2v) is 9.18. The lowest BCUT2D eigenvalue weighted by atomic mass is 10.0. The number of rotatable bonds is 4. The molecule has 2 aromatic carbocycles. The number of nitrogens with two attached hydrogens (primary N) is 1. The molecule has 4 aromatic rings. The van der Waals surface area contributed by atoms with Gasteiger partial charge in [-0.2, -0.15) is 18.3 Å². The topological polar surface area (TPSA) is 89.9 Å². The van der Waals surface area contributed by atoms with E-state index in [-0.39, 0.29) is 47.2 Å². The average molecular weight is 514 g/mol. The molecule has 12 heteroatoms. The van der Waals surface area contributed by atoms with Gasteiger partial charge in [0.25, 0.3) is 0 Å². The third-order valence-electron chi connectivity index (χ3n) is 6.78. The monoisotopic (exact) mass is 514 g/mol. The number of alkyl halides is 3. The number of benzene rings is 2. The van der Waals surface area contributed by atoms with Crippen LogP contribution in [0.4, 0.5) is 33.5 Å². The van der Waals surface area contributed by atoms with Crippen molar-refractivity contribution in [3.63, 3.8) is 0 Å². The number of anilines is 2. The summed E-state index contributed by atoms with van der Waals surface area (Å²) in [5.74, 6) is -1.96. The van der Waals surface area contributed by atoms with Gasteiger partial charge in [-0.25, -0.2) is 23.4 Å². The molecule has 1 aliphatic heterocycles. The Balaban J connectivity index is 1.34. The first-order valence-corrected chi connectivity index (χ1v) is 11.6. The van der Waals surface area contributed by atoms with Crippen molar-refractivity contribution in [1.82, 2.24) is 19.7 Å². The molecule has 7 nitrogen and oxygen atoms in total. The molecule has 2 aromatic heterocycles. The highest BCUT2D eigenvalue weighted by atomic mass is 19.4. The molecule has 1 aliphatic carbocycles. The van der Waals surface area contributed by atoms with Gasteiger partial charge in [0.15, 0.2) is 5.65 Å². The lowest BCUT2D eigenvalue weighted by Gasteiger charge is -2.18. The molecule has 1 saturated carbocycles. The van der Waals surface area contributed by atoms with Crippen molar-refractivity contribution >= 4 is 28.4 Å². The number of aromatic nitrogens is 4. The molecule has 0 atom stereocenters. The summed E-state index contributed by atoms with van der Waals surface area (Å²) < 4.78 is 70.9. The minimum Gasteiger partial charge on any atom is -0.383 e. The van der Waals surface area contributed by atoms with Gasteiger partial charge in [-0.15, -0.1) is 0 Å². The van der Waals surface area contributed by atoms with E-state index < -0.39 is 35.7 Å². The largest absolute Gasteiger partial charge is 0.416 e. The number of fused-ring (bicyclic) bond motifs is 2. The molecule has 37 heavy (non-hydrogen) atoms. The molecule has 190 valence electrons. The number of nitrogens with zero attached hydrogens (tertiary/aromatic N) is 5. The number of carbonyl (C=O) groups is 1. The second kappa shape index (κ2) is 8.22. The van der Waals surface area contributed by atoms with Gasteiger partial charge in [0, 0.05) is 23.4 Å². The van der Waals surface area contributed by atoms with Crippen LogP contribution in [0.15, 0.2) is 36.7 Å². The molecule has 0 radical (unpaired) electrons. The third kappa shape index (κ3) is 3.87. The average Bonchev–Trinajstić information content (AvgIpc) is 3.47. The summed E-state index contributed by atoms with van der Waals surface area (Å²) in [4.78, 5) is 22.5. The zero-order valence-corrected chi connectivity index (χ0v) is 19.2. The van der Waals surface area contributed by atoms with Gasteiger partial charge in [0.1, 0.15) is 29.5 Å². The summed E-state index contributed by atoms with van der Waals surface area (Å²) in [6.07, 6.45) is -1.90. The van der Waals surface area contributed by atoms with Crippen LogP contribution in [0.25, 0.3) is 22.3 Å². The van der Waals surface area contributed by atoms with E-state index in [1.54, 1.807) is 10.7 Å². The number of carbonyl (C=O) groups excluding carboxylic acids is 1. The minimum atomic E-state index is -4.67. The first-order valence-electron chi connectivity index (χ1n) is 11.6. The molecule has 0 spiro atoms. The first kappa shape index (κ1) is 23.3. The maximum atomic E-state index is 15.8. The van der Waals surface area contributed by atoms with E-state index in [1.165, 1.54) is 17.3 Å². The molecular weight excluding hydrogens is 495 g/mol. The molecule has 1 fully saturated rings. The van der Waals surface area contributed by atoms with Gasteiger partial charge < -0.3 is 10.6 Å². The normalized spacial score (nSPS) is 15.4. The molecule has 6 rings (SSSR count). The van der Waals surface area contributed by atoms with Crippen LogP contribution in [0.2, 0.25) is 0 Å². The SMILES string of the molecule is Nc1ncnc2c1c(-c1ccc3c(c1F)CCN3C(=O)Cc1cc(C(F)(F)F)ccc1F)nn2C1CC1. The summed E-state index contributed by atoms with van der Waals surface area (Å²) in [7, 11) is 0. The van der Waals surface area contributed by atoms with Crippen molar-refractivity contribution < 1.29 is 26.7 Å². The minimum absolute atomic E-state index is 0.109.